The molecule has 0 rings (SSSR count). The molecule has 0 aliphatic carbocycles. The summed E-state index contributed by atoms with van der Waals surface area (Å²) >= 11 is 0. The van der Waals surface area contributed by atoms with Crippen LogP contribution in [0, 0.1) is 0 Å². The maximum atomic E-state index is 12.5. The molecule has 410 valence electrons. The van der Waals surface area contributed by atoms with Gasteiger partial charge in [-0.05, 0) is 51.4 Å². The highest BCUT2D eigenvalue weighted by Gasteiger charge is 2.20. The highest BCUT2D eigenvalue weighted by Crippen LogP contribution is 2.18. The Morgan fingerprint density at radius 3 is 1.03 bits per heavy atom. The summed E-state index contributed by atoms with van der Waals surface area (Å²) in [6, 6.07) is -0.554. The van der Waals surface area contributed by atoms with Crippen molar-refractivity contribution in [3.05, 3.63) is 12.2 Å². The smallest absolute Gasteiger partial charge is 0.305 e. The Hall–Kier alpha value is -1.40. The molecule has 0 aromatic carbocycles. The molecule has 0 aliphatic heterocycles. The van der Waals surface area contributed by atoms with Gasteiger partial charge in [0.05, 0.1) is 25.4 Å². The van der Waals surface area contributed by atoms with Gasteiger partial charge in [0.15, 0.2) is 0 Å². The molecule has 0 spiro atoms. The number of rotatable bonds is 59. The predicted molar refractivity (Wildman–Crippen MR) is 301 cm³/mol. The number of allylic oxidation sites excluding steroid dienone is 2. The van der Waals surface area contributed by atoms with E-state index in [4.69, 9.17) is 4.74 Å². The van der Waals surface area contributed by atoms with Gasteiger partial charge in [-0.3, -0.25) is 9.59 Å². The lowest BCUT2D eigenvalue weighted by Crippen LogP contribution is -2.45. The number of ether oxygens (including phenoxy) is 1. The Morgan fingerprint density at radius 1 is 0.391 bits per heavy atom. The van der Waals surface area contributed by atoms with Crippen molar-refractivity contribution in [2.75, 3.05) is 13.2 Å². The van der Waals surface area contributed by atoms with E-state index in [2.05, 4.69) is 31.3 Å². The minimum absolute atomic E-state index is 0.00822. The second kappa shape index (κ2) is 59.2. The average Bonchev–Trinajstić information content (AvgIpc) is 3.35. The van der Waals surface area contributed by atoms with Gasteiger partial charge in [0.2, 0.25) is 5.91 Å². The first kappa shape index (κ1) is 67.6. The molecule has 0 saturated heterocycles. The molecule has 0 aliphatic rings. The molecule has 2 atom stereocenters. The number of esters is 1. The number of hydrogen-bond acceptors (Lipinski definition) is 5. The molecule has 0 radical (unpaired) electrons. The highest BCUT2D eigenvalue weighted by atomic mass is 16.5. The van der Waals surface area contributed by atoms with Crippen LogP contribution in [0.2, 0.25) is 0 Å². The molecule has 6 nitrogen and oxygen atoms in total. The summed E-state index contributed by atoms with van der Waals surface area (Å²) in [4.78, 5) is 24.6. The number of aliphatic hydroxyl groups is 2. The second-order valence-electron chi connectivity index (χ2n) is 21.7. The Bertz CT molecular complexity index is 1030. The molecule has 0 aromatic heterocycles. The van der Waals surface area contributed by atoms with Crippen LogP contribution in [0.4, 0.5) is 0 Å². The normalized spacial score (nSPS) is 12.6. The molecule has 0 fully saturated rings. The fourth-order valence-corrected chi connectivity index (χ4v) is 9.99. The molecule has 0 bridgehead atoms. The van der Waals surface area contributed by atoms with Crippen molar-refractivity contribution < 1.29 is 24.5 Å². The van der Waals surface area contributed by atoms with Crippen molar-refractivity contribution in [2.45, 2.75) is 366 Å². The third-order valence-electron chi connectivity index (χ3n) is 14.8. The van der Waals surface area contributed by atoms with Crippen LogP contribution in [0.5, 0.6) is 0 Å². The van der Waals surface area contributed by atoms with Gasteiger partial charge >= 0.3 is 5.97 Å². The summed E-state index contributed by atoms with van der Waals surface area (Å²) < 4.78 is 5.49. The number of hydrogen-bond donors (Lipinski definition) is 3. The van der Waals surface area contributed by atoms with E-state index < -0.39 is 12.1 Å². The average molecular weight is 975 g/mol. The molecule has 0 heterocycles. The van der Waals surface area contributed by atoms with Gasteiger partial charge < -0.3 is 20.3 Å². The van der Waals surface area contributed by atoms with Gasteiger partial charge in [-0.15, -0.1) is 0 Å². The van der Waals surface area contributed by atoms with Crippen LogP contribution < -0.4 is 5.32 Å². The van der Waals surface area contributed by atoms with Crippen LogP contribution in [-0.4, -0.2) is 47.4 Å². The van der Waals surface area contributed by atoms with E-state index in [1.54, 1.807) is 0 Å². The van der Waals surface area contributed by atoms with Gasteiger partial charge in [-0.2, -0.15) is 0 Å². The van der Waals surface area contributed by atoms with Gasteiger partial charge in [0, 0.05) is 12.8 Å². The fraction of sp³-hybridized carbons (Fsp3) is 0.937. The summed E-state index contributed by atoms with van der Waals surface area (Å²) in [6.07, 6.45) is 70.7. The highest BCUT2D eigenvalue weighted by molar-refractivity contribution is 5.76. The van der Waals surface area contributed by atoms with Crippen LogP contribution in [0.15, 0.2) is 12.2 Å². The molecular formula is C63H123NO5. The maximum absolute atomic E-state index is 12.5. The van der Waals surface area contributed by atoms with Crippen molar-refractivity contribution in [3.63, 3.8) is 0 Å². The maximum Gasteiger partial charge on any atom is 0.305 e. The van der Waals surface area contributed by atoms with E-state index in [9.17, 15) is 19.8 Å². The SMILES string of the molecule is CCCCCCCC/C=C\CCCCCCCCCCCC(=O)OCCCCCCCCCCCCCCC(=O)NC(CO)C(O)CCCCCCCCCCCCCCCCCCCCCCC. The van der Waals surface area contributed by atoms with Crippen LogP contribution in [0.25, 0.3) is 0 Å². The number of carbonyl (C=O) groups excluding carboxylic acids is 2. The summed E-state index contributed by atoms with van der Waals surface area (Å²) in [7, 11) is 0. The first-order valence-electron chi connectivity index (χ1n) is 31.4. The lowest BCUT2D eigenvalue weighted by Gasteiger charge is -2.22. The van der Waals surface area contributed by atoms with E-state index in [0.717, 1.165) is 57.8 Å². The van der Waals surface area contributed by atoms with E-state index >= 15 is 0 Å². The van der Waals surface area contributed by atoms with E-state index in [1.165, 1.54) is 263 Å². The third kappa shape index (κ3) is 55.8. The molecular weight excluding hydrogens is 851 g/mol. The number of unbranched alkanes of at least 4 members (excludes halogenated alkanes) is 46. The van der Waals surface area contributed by atoms with Crippen molar-refractivity contribution in [2.24, 2.45) is 0 Å². The molecule has 69 heavy (non-hydrogen) atoms. The molecule has 2 unspecified atom stereocenters. The summed E-state index contributed by atoms with van der Waals surface area (Å²) in [5, 5.41) is 23.4. The molecule has 3 N–H and O–H groups in total. The zero-order valence-corrected chi connectivity index (χ0v) is 46.8. The Labute approximate surface area is 431 Å². The van der Waals surface area contributed by atoms with Crippen molar-refractivity contribution in [1.29, 1.82) is 0 Å². The first-order valence-corrected chi connectivity index (χ1v) is 31.4. The molecule has 6 heteroatoms. The number of carbonyl (C=O) groups is 2. The van der Waals surface area contributed by atoms with Crippen LogP contribution in [0.3, 0.4) is 0 Å². The second-order valence-corrected chi connectivity index (χ2v) is 21.7. The summed E-state index contributed by atoms with van der Waals surface area (Å²) in [6.45, 7) is 4.95. The van der Waals surface area contributed by atoms with Crippen LogP contribution >= 0.6 is 0 Å². The fourth-order valence-electron chi connectivity index (χ4n) is 9.99. The number of nitrogens with one attached hydrogen (secondary N) is 1. The number of aliphatic hydroxyl groups excluding tert-OH is 2. The quantitative estimate of drug-likeness (QED) is 0.0321. The van der Waals surface area contributed by atoms with E-state index in [0.29, 0.717) is 25.9 Å². The zero-order valence-electron chi connectivity index (χ0n) is 46.8. The topological polar surface area (TPSA) is 95.9 Å². The molecule has 0 aromatic rings. The summed E-state index contributed by atoms with van der Waals surface area (Å²) in [5.74, 6) is -0.0546. The largest absolute Gasteiger partial charge is 0.466 e. The predicted octanol–water partition coefficient (Wildman–Crippen LogP) is 19.6. The Morgan fingerprint density at radius 2 is 0.681 bits per heavy atom. The van der Waals surface area contributed by atoms with Crippen LogP contribution in [-0.2, 0) is 14.3 Å². The Kier molecular flexibility index (Phi) is 58.0. The minimum Gasteiger partial charge on any atom is -0.466 e. The number of amides is 1. The van der Waals surface area contributed by atoms with Gasteiger partial charge in [-0.1, -0.05) is 302 Å². The lowest BCUT2D eigenvalue weighted by atomic mass is 10.0. The van der Waals surface area contributed by atoms with Gasteiger partial charge in [0.25, 0.3) is 0 Å². The van der Waals surface area contributed by atoms with Crippen molar-refractivity contribution in [3.8, 4) is 0 Å². The van der Waals surface area contributed by atoms with Crippen molar-refractivity contribution in [1.82, 2.24) is 5.32 Å². The standard InChI is InChI=1S/C63H123NO5/c1-3-5-7-9-11-13-15-17-19-21-23-24-26-27-29-31-35-39-43-47-51-55-61(66)60(59-65)64-62(67)56-52-48-44-40-36-33-34-38-42-46-50-54-58-69-63(68)57-53-49-45-41-37-32-30-28-25-22-20-18-16-14-12-10-8-6-4-2/h18,20,60-61,65-66H,3-17,19,21-59H2,1-2H3,(H,64,67)/b20-18-. The monoisotopic (exact) mass is 974 g/mol. The Balaban J connectivity index is 3.43. The third-order valence-corrected chi connectivity index (χ3v) is 14.8. The minimum atomic E-state index is -0.675. The van der Waals surface area contributed by atoms with Gasteiger partial charge in [0.1, 0.15) is 0 Å². The zero-order chi connectivity index (χ0) is 50.0. The summed E-state index contributed by atoms with van der Waals surface area (Å²) in [5.41, 5.74) is 0. The lowest BCUT2D eigenvalue weighted by molar-refractivity contribution is -0.143. The molecule has 0 saturated carbocycles. The van der Waals surface area contributed by atoms with E-state index in [1.807, 2.05) is 0 Å². The van der Waals surface area contributed by atoms with Gasteiger partial charge in [-0.25, -0.2) is 0 Å². The first-order chi connectivity index (χ1) is 34.0. The molecule has 1 amide bonds. The van der Waals surface area contributed by atoms with Crippen LogP contribution in [0.1, 0.15) is 354 Å². The van der Waals surface area contributed by atoms with E-state index in [-0.39, 0.29) is 18.5 Å². The van der Waals surface area contributed by atoms with Crippen molar-refractivity contribution >= 4 is 11.9 Å².